The van der Waals surface area contributed by atoms with Crippen LogP contribution in [0.2, 0.25) is 0 Å². The number of benzene rings is 6. The predicted octanol–water partition coefficient (Wildman–Crippen LogP) is 8.70. The molecule has 0 aliphatic carbocycles. The second-order valence-electron chi connectivity index (χ2n) is 13.4. The van der Waals surface area contributed by atoms with Crippen molar-refractivity contribution in [2.24, 2.45) is 4.99 Å². The third-order valence-electron chi connectivity index (χ3n) is 9.59. The summed E-state index contributed by atoms with van der Waals surface area (Å²) < 4.78 is 40.1. The molecule has 56 heavy (non-hydrogen) atoms. The zero-order chi connectivity index (χ0) is 38.8. The number of amides is 1. The Morgan fingerprint density at radius 3 is 2.05 bits per heavy atom. The molecule has 6 aromatic rings. The van der Waals surface area contributed by atoms with Crippen LogP contribution in [0.25, 0.3) is 11.1 Å². The van der Waals surface area contributed by atoms with Crippen molar-refractivity contribution in [3.63, 3.8) is 0 Å². The third kappa shape index (κ3) is 9.05. The Labute approximate surface area is 332 Å². The minimum atomic E-state index is -3.82. The fourth-order valence-electron chi connectivity index (χ4n) is 6.58. The van der Waals surface area contributed by atoms with E-state index in [-0.39, 0.29) is 36.1 Å². The second kappa shape index (κ2) is 17.8. The first kappa shape index (κ1) is 38.6. The number of aliphatic imine (C=N–C) groups is 1. The predicted molar refractivity (Wildman–Crippen MR) is 221 cm³/mol. The van der Waals surface area contributed by atoms with E-state index in [1.54, 1.807) is 66.4 Å². The van der Waals surface area contributed by atoms with Crippen LogP contribution in [-0.4, -0.2) is 49.8 Å². The lowest BCUT2D eigenvalue weighted by Crippen LogP contribution is -2.49. The molecule has 0 saturated carbocycles. The standard InChI is InChI=1S/C46H42N2O6S2/c49-30-12-31-53-39-27-25-37(26-28-39)44-48-46(29-32-56(51,52)41-18-8-3-9-19-41,43(54-44)36-23-21-35(22-24-36)34-13-4-1-5-14-34)45(50)47-33-38-15-10-11-20-42(38)55-40-16-6-2-7-17-40/h1-11,13-28,43,49H,12,29-33H2,(H,47,50)/t43-,46-/m1/s1. The number of aliphatic hydroxyl groups is 1. The normalized spacial score (nSPS) is 16.4. The zero-order valence-electron chi connectivity index (χ0n) is 30.7. The Hall–Kier alpha value is -5.68. The van der Waals surface area contributed by atoms with Gasteiger partial charge in [-0.2, -0.15) is 0 Å². The van der Waals surface area contributed by atoms with Gasteiger partial charge in [-0.15, -0.1) is 0 Å². The van der Waals surface area contributed by atoms with Crippen LogP contribution in [0.3, 0.4) is 0 Å². The quantitative estimate of drug-likeness (QED) is 0.0945. The summed E-state index contributed by atoms with van der Waals surface area (Å²) >= 11 is 1.60. The lowest BCUT2D eigenvalue weighted by molar-refractivity contribution is -0.129. The van der Waals surface area contributed by atoms with Crippen LogP contribution in [0.1, 0.15) is 35.6 Å². The lowest BCUT2D eigenvalue weighted by Gasteiger charge is -2.31. The summed E-state index contributed by atoms with van der Waals surface area (Å²) in [5.74, 6) is 0.0351. The van der Waals surface area contributed by atoms with Crippen molar-refractivity contribution in [2.45, 2.75) is 45.7 Å². The van der Waals surface area contributed by atoms with Gasteiger partial charge in [-0.1, -0.05) is 121 Å². The van der Waals surface area contributed by atoms with Crippen LogP contribution in [-0.2, 0) is 25.9 Å². The SMILES string of the molecule is O=C(NCc1ccccc1Sc1ccccc1)[C@]1(CCS(=O)(=O)c2ccccc2)N=C(c2ccc(OCCCO)cc2)O[C@@H]1c1ccc(-c2ccccc2)cc1. The fourth-order valence-corrected chi connectivity index (χ4v) is 8.93. The average molecular weight is 783 g/mol. The molecule has 284 valence electrons. The monoisotopic (exact) mass is 782 g/mol. The van der Waals surface area contributed by atoms with Gasteiger partial charge < -0.3 is 19.9 Å². The van der Waals surface area contributed by atoms with Crippen LogP contribution in [0.4, 0.5) is 0 Å². The van der Waals surface area contributed by atoms with E-state index in [9.17, 15) is 13.2 Å². The van der Waals surface area contributed by atoms with Gasteiger partial charge in [0.1, 0.15) is 5.75 Å². The first-order chi connectivity index (χ1) is 27.3. The molecule has 0 fully saturated rings. The third-order valence-corrected chi connectivity index (χ3v) is 12.4. The average Bonchev–Trinajstić information content (AvgIpc) is 3.65. The summed E-state index contributed by atoms with van der Waals surface area (Å²) in [6.07, 6.45) is -0.600. The number of carbonyl (C=O) groups excluding carboxylic acids is 1. The van der Waals surface area contributed by atoms with Crippen molar-refractivity contribution in [1.82, 2.24) is 5.32 Å². The molecule has 0 radical (unpaired) electrons. The number of hydrogen-bond donors (Lipinski definition) is 2. The van der Waals surface area contributed by atoms with Gasteiger partial charge in [0, 0.05) is 41.3 Å². The summed E-state index contributed by atoms with van der Waals surface area (Å²) in [5, 5.41) is 12.3. The summed E-state index contributed by atoms with van der Waals surface area (Å²) in [7, 11) is -3.82. The Balaban J connectivity index is 1.27. The number of carbonyl (C=O) groups is 1. The van der Waals surface area contributed by atoms with Crippen molar-refractivity contribution in [3.8, 4) is 16.9 Å². The van der Waals surface area contributed by atoms with Gasteiger partial charge in [0.05, 0.1) is 17.3 Å². The number of nitrogens with zero attached hydrogens (tertiary/aromatic N) is 1. The highest BCUT2D eigenvalue weighted by atomic mass is 32.2. The minimum absolute atomic E-state index is 0.0258. The van der Waals surface area contributed by atoms with E-state index in [1.807, 2.05) is 109 Å². The molecule has 1 heterocycles. The minimum Gasteiger partial charge on any atom is -0.494 e. The molecule has 2 N–H and O–H groups in total. The molecule has 6 aromatic carbocycles. The van der Waals surface area contributed by atoms with Gasteiger partial charge in [-0.3, -0.25) is 4.79 Å². The molecule has 1 amide bonds. The van der Waals surface area contributed by atoms with Gasteiger partial charge in [-0.25, -0.2) is 13.4 Å². The van der Waals surface area contributed by atoms with E-state index in [2.05, 4.69) is 5.32 Å². The van der Waals surface area contributed by atoms with Crippen LogP contribution >= 0.6 is 11.8 Å². The van der Waals surface area contributed by atoms with E-state index < -0.39 is 27.4 Å². The van der Waals surface area contributed by atoms with Crippen molar-refractivity contribution < 1.29 is 27.8 Å². The van der Waals surface area contributed by atoms with Crippen LogP contribution in [0, 0.1) is 0 Å². The zero-order valence-corrected chi connectivity index (χ0v) is 32.3. The van der Waals surface area contributed by atoms with Crippen molar-refractivity contribution in [3.05, 3.63) is 180 Å². The number of hydrogen-bond acceptors (Lipinski definition) is 8. The maximum absolute atomic E-state index is 15.0. The van der Waals surface area contributed by atoms with Crippen molar-refractivity contribution in [1.29, 1.82) is 0 Å². The molecule has 2 atom stereocenters. The largest absolute Gasteiger partial charge is 0.494 e. The Morgan fingerprint density at radius 1 is 0.750 bits per heavy atom. The molecule has 0 spiro atoms. The molecule has 1 aliphatic heterocycles. The summed E-state index contributed by atoms with van der Waals surface area (Å²) in [4.78, 5) is 22.3. The number of ether oxygens (including phenoxy) is 2. The Morgan fingerprint density at radius 2 is 1.36 bits per heavy atom. The van der Waals surface area contributed by atoms with Gasteiger partial charge in [-0.05, 0) is 76.9 Å². The highest BCUT2D eigenvalue weighted by Gasteiger charge is 2.53. The number of nitrogens with one attached hydrogen (secondary N) is 1. The van der Waals surface area contributed by atoms with Crippen molar-refractivity contribution >= 4 is 33.4 Å². The summed E-state index contributed by atoms with van der Waals surface area (Å²) in [6.45, 7) is 0.574. The second-order valence-corrected chi connectivity index (χ2v) is 16.6. The lowest BCUT2D eigenvalue weighted by atomic mass is 9.84. The Kier molecular flexibility index (Phi) is 12.3. The molecule has 7 rings (SSSR count). The van der Waals surface area contributed by atoms with E-state index in [1.165, 1.54) is 0 Å². The molecule has 0 unspecified atom stereocenters. The van der Waals surface area contributed by atoms with Crippen LogP contribution < -0.4 is 10.1 Å². The van der Waals surface area contributed by atoms with E-state index in [4.69, 9.17) is 19.6 Å². The molecule has 0 aromatic heterocycles. The van der Waals surface area contributed by atoms with E-state index in [0.717, 1.165) is 26.5 Å². The maximum atomic E-state index is 15.0. The van der Waals surface area contributed by atoms with E-state index >= 15 is 0 Å². The molecule has 0 bridgehead atoms. The first-order valence-electron chi connectivity index (χ1n) is 18.5. The molecule has 8 nitrogen and oxygen atoms in total. The van der Waals surface area contributed by atoms with Gasteiger partial charge >= 0.3 is 0 Å². The highest BCUT2D eigenvalue weighted by Crippen LogP contribution is 2.44. The first-order valence-corrected chi connectivity index (χ1v) is 20.9. The smallest absolute Gasteiger partial charge is 0.252 e. The van der Waals surface area contributed by atoms with Gasteiger partial charge in [0.25, 0.3) is 5.91 Å². The molecular weight excluding hydrogens is 741 g/mol. The van der Waals surface area contributed by atoms with Crippen LogP contribution in [0.15, 0.2) is 183 Å². The van der Waals surface area contributed by atoms with Crippen molar-refractivity contribution in [2.75, 3.05) is 19.0 Å². The van der Waals surface area contributed by atoms with Crippen LogP contribution in [0.5, 0.6) is 5.75 Å². The molecular formula is C46H42N2O6S2. The van der Waals surface area contributed by atoms with E-state index in [0.29, 0.717) is 29.9 Å². The number of aliphatic hydroxyl groups excluding tert-OH is 1. The molecule has 0 saturated heterocycles. The topological polar surface area (TPSA) is 114 Å². The van der Waals surface area contributed by atoms with Gasteiger partial charge in [0.2, 0.25) is 5.90 Å². The summed E-state index contributed by atoms with van der Waals surface area (Å²) in [6, 6.07) is 51.1. The molecule has 10 heteroatoms. The Bertz CT molecular complexity index is 2360. The fraction of sp³-hybridized carbons (Fsp3) is 0.174. The number of sulfone groups is 1. The summed E-state index contributed by atoms with van der Waals surface area (Å²) in [5.41, 5.74) is 2.55. The maximum Gasteiger partial charge on any atom is 0.252 e. The molecule has 1 aliphatic rings. The van der Waals surface area contributed by atoms with Gasteiger partial charge in [0.15, 0.2) is 21.5 Å². The highest BCUT2D eigenvalue weighted by molar-refractivity contribution is 7.99. The number of rotatable bonds is 16.